The average molecular weight is 663 g/mol. The first-order valence-electron chi connectivity index (χ1n) is 18.4. The quantitative estimate of drug-likeness (QED) is 0.0454. The molecule has 0 spiro atoms. The van der Waals surface area contributed by atoms with E-state index in [0.717, 1.165) is 70.6 Å². The van der Waals surface area contributed by atoms with Crippen LogP contribution in [0.1, 0.15) is 129 Å². The van der Waals surface area contributed by atoms with Crippen LogP contribution in [0.2, 0.25) is 0 Å². The minimum absolute atomic E-state index is 0.169. The molecule has 0 aliphatic rings. The van der Waals surface area contributed by atoms with E-state index in [2.05, 4.69) is 111 Å². The van der Waals surface area contributed by atoms with Gasteiger partial charge in [0.1, 0.15) is 19.3 Å². The summed E-state index contributed by atoms with van der Waals surface area (Å²) in [5.41, 5.74) is 0. The highest BCUT2D eigenvalue weighted by Gasteiger charge is 2.11. The predicted octanol–water partition coefficient (Wildman–Crippen LogP) is 11.5. The van der Waals surface area contributed by atoms with E-state index in [9.17, 15) is 14.7 Å². The van der Waals surface area contributed by atoms with E-state index in [-0.39, 0.29) is 31.6 Å². The molecule has 0 fully saturated rings. The molecule has 0 amide bonds. The Balaban J connectivity index is 3.69. The van der Waals surface area contributed by atoms with Gasteiger partial charge >= 0.3 is 11.9 Å². The van der Waals surface area contributed by atoms with E-state index < -0.39 is 6.10 Å². The van der Waals surface area contributed by atoms with E-state index in [1.54, 1.807) is 0 Å². The second-order valence-corrected chi connectivity index (χ2v) is 11.6. The molecule has 1 atom stereocenters. The Morgan fingerprint density at radius 3 is 1.23 bits per heavy atom. The van der Waals surface area contributed by atoms with E-state index in [0.29, 0.717) is 12.8 Å². The number of allylic oxidation sites excluding steroid dienone is 18. The van der Waals surface area contributed by atoms with Crippen LogP contribution in [-0.2, 0) is 19.1 Å². The van der Waals surface area contributed by atoms with Gasteiger partial charge in [-0.25, -0.2) is 0 Å². The van der Waals surface area contributed by atoms with Crippen molar-refractivity contribution >= 4 is 11.9 Å². The molecule has 0 bridgehead atoms. The van der Waals surface area contributed by atoms with Crippen molar-refractivity contribution in [2.24, 2.45) is 0 Å². The van der Waals surface area contributed by atoms with Crippen molar-refractivity contribution in [3.8, 4) is 0 Å². The summed E-state index contributed by atoms with van der Waals surface area (Å²) < 4.78 is 10.2. The molecule has 268 valence electrons. The Hall–Kier alpha value is -3.44. The number of rotatable bonds is 31. The van der Waals surface area contributed by atoms with Crippen molar-refractivity contribution in [2.45, 2.75) is 136 Å². The second-order valence-electron chi connectivity index (χ2n) is 11.6. The second kappa shape index (κ2) is 38.0. The lowest BCUT2D eigenvalue weighted by molar-refractivity contribution is -0.152. The lowest BCUT2D eigenvalue weighted by Crippen LogP contribution is -2.25. The first kappa shape index (κ1) is 44.6. The molecule has 0 aromatic carbocycles. The molecule has 1 N–H and O–H groups in total. The molecule has 0 saturated heterocycles. The van der Waals surface area contributed by atoms with E-state index in [4.69, 9.17) is 9.47 Å². The van der Waals surface area contributed by atoms with Crippen molar-refractivity contribution in [3.05, 3.63) is 109 Å². The molecular formula is C43H66O5. The fourth-order valence-electron chi connectivity index (χ4n) is 4.23. The van der Waals surface area contributed by atoms with Gasteiger partial charge in [0.25, 0.3) is 0 Å². The monoisotopic (exact) mass is 662 g/mol. The minimum Gasteiger partial charge on any atom is -0.463 e. The topological polar surface area (TPSA) is 72.8 Å². The van der Waals surface area contributed by atoms with Gasteiger partial charge in [0.2, 0.25) is 0 Å². The molecule has 5 heteroatoms. The largest absolute Gasteiger partial charge is 0.463 e. The SMILES string of the molecule is CC/C=C\C/C=C\C/C=C\C/C=C\CCCCC(=O)OC[C@H](O)COC(=O)CC/C=C\C/C=C\C/C=C\C/C=C\C/C=C\CCCCC. The highest BCUT2D eigenvalue weighted by Crippen LogP contribution is 2.05. The Kier molecular flexibility index (Phi) is 35.3. The number of hydrogen-bond acceptors (Lipinski definition) is 5. The van der Waals surface area contributed by atoms with Crippen LogP contribution in [0.25, 0.3) is 0 Å². The summed E-state index contributed by atoms with van der Waals surface area (Å²) >= 11 is 0. The van der Waals surface area contributed by atoms with Gasteiger partial charge in [0.15, 0.2) is 0 Å². The molecule has 0 heterocycles. The minimum atomic E-state index is -1.02. The van der Waals surface area contributed by atoms with Crippen LogP contribution in [-0.4, -0.2) is 36.4 Å². The van der Waals surface area contributed by atoms with Gasteiger partial charge in [-0.3, -0.25) is 9.59 Å². The van der Waals surface area contributed by atoms with Gasteiger partial charge in [-0.1, -0.05) is 136 Å². The van der Waals surface area contributed by atoms with Crippen LogP contribution in [0, 0.1) is 0 Å². The fourth-order valence-corrected chi connectivity index (χ4v) is 4.23. The Bertz CT molecular complexity index is 1020. The molecule has 5 nitrogen and oxygen atoms in total. The zero-order valence-corrected chi connectivity index (χ0v) is 30.2. The summed E-state index contributed by atoms with van der Waals surface area (Å²) in [5.74, 6) is -0.719. The summed E-state index contributed by atoms with van der Waals surface area (Å²) in [7, 11) is 0. The zero-order valence-electron chi connectivity index (χ0n) is 30.2. The fraction of sp³-hybridized carbons (Fsp3) is 0.535. The molecule has 48 heavy (non-hydrogen) atoms. The maximum Gasteiger partial charge on any atom is 0.306 e. The molecule has 0 unspecified atom stereocenters. The van der Waals surface area contributed by atoms with Crippen LogP contribution < -0.4 is 0 Å². The molecule has 0 radical (unpaired) electrons. The van der Waals surface area contributed by atoms with Crippen molar-refractivity contribution in [1.29, 1.82) is 0 Å². The van der Waals surface area contributed by atoms with Crippen molar-refractivity contribution < 1.29 is 24.2 Å². The zero-order chi connectivity index (χ0) is 35.0. The Morgan fingerprint density at radius 1 is 0.458 bits per heavy atom. The van der Waals surface area contributed by atoms with Gasteiger partial charge in [-0.05, 0) is 89.9 Å². The smallest absolute Gasteiger partial charge is 0.306 e. The van der Waals surface area contributed by atoms with E-state index >= 15 is 0 Å². The number of esters is 2. The number of unbranched alkanes of at least 4 members (excludes halogenated alkanes) is 5. The summed E-state index contributed by atoms with van der Waals surface area (Å²) in [5, 5.41) is 9.98. The Labute approximate surface area is 293 Å². The van der Waals surface area contributed by atoms with Crippen molar-refractivity contribution in [2.75, 3.05) is 13.2 Å². The van der Waals surface area contributed by atoms with Crippen LogP contribution in [0.5, 0.6) is 0 Å². The lowest BCUT2D eigenvalue weighted by Gasteiger charge is -2.11. The van der Waals surface area contributed by atoms with Crippen LogP contribution in [0.4, 0.5) is 0 Å². The normalized spacial score (nSPS) is 13.5. The molecule has 0 rings (SSSR count). The molecule has 0 aromatic rings. The summed E-state index contributed by atoms with van der Waals surface area (Å²) in [6, 6.07) is 0. The first-order valence-corrected chi connectivity index (χ1v) is 18.4. The molecule has 0 saturated carbocycles. The Morgan fingerprint density at radius 2 is 0.812 bits per heavy atom. The number of aliphatic hydroxyl groups excluding tert-OH is 1. The van der Waals surface area contributed by atoms with Gasteiger partial charge < -0.3 is 14.6 Å². The number of ether oxygens (including phenoxy) is 2. The molecule has 0 aromatic heterocycles. The molecule has 0 aliphatic carbocycles. The average Bonchev–Trinajstić information content (AvgIpc) is 3.09. The highest BCUT2D eigenvalue weighted by molar-refractivity contribution is 5.70. The van der Waals surface area contributed by atoms with E-state index in [1.165, 1.54) is 25.7 Å². The van der Waals surface area contributed by atoms with Gasteiger partial charge in [-0.2, -0.15) is 0 Å². The molecule has 0 aliphatic heterocycles. The first-order chi connectivity index (χ1) is 23.6. The maximum absolute atomic E-state index is 11.9. The standard InChI is InChI=1S/C43H66O5/c1-3-5-7-9-11-13-15-17-19-20-21-22-24-26-28-30-32-34-36-38-43(46)48-40-41(44)39-47-42(45)37-35-33-31-29-27-25-23-18-16-14-12-10-8-6-4-2/h6,8,11-14,17-19,21-23,26-29,32,34,41,44H,3-5,7,9-10,15-16,20,24-25,30-31,33,35-40H2,1-2H3/b8-6-,13-11-,14-12-,19-17-,22-21-,23-18-,28-26-,29-27-,34-32-/t41-/m0/s1. The summed E-state index contributed by atoms with van der Waals surface area (Å²) in [6.45, 7) is 4.02. The van der Waals surface area contributed by atoms with Gasteiger partial charge in [0.05, 0.1) is 0 Å². The maximum atomic E-state index is 11.9. The third-order valence-corrected chi connectivity index (χ3v) is 7.01. The van der Waals surface area contributed by atoms with Crippen LogP contribution >= 0.6 is 0 Å². The number of carbonyl (C=O) groups is 2. The number of hydrogen-bond donors (Lipinski definition) is 1. The predicted molar refractivity (Wildman–Crippen MR) is 205 cm³/mol. The van der Waals surface area contributed by atoms with Crippen LogP contribution in [0.15, 0.2) is 109 Å². The van der Waals surface area contributed by atoms with Gasteiger partial charge in [0, 0.05) is 12.8 Å². The number of carbonyl (C=O) groups excluding carboxylic acids is 2. The summed E-state index contributed by atoms with van der Waals surface area (Å²) in [4.78, 5) is 23.8. The third-order valence-electron chi connectivity index (χ3n) is 7.01. The lowest BCUT2D eigenvalue weighted by atomic mass is 10.2. The van der Waals surface area contributed by atoms with Crippen LogP contribution in [0.3, 0.4) is 0 Å². The highest BCUT2D eigenvalue weighted by atomic mass is 16.6. The number of aliphatic hydroxyl groups is 1. The van der Waals surface area contributed by atoms with Gasteiger partial charge in [-0.15, -0.1) is 0 Å². The van der Waals surface area contributed by atoms with Crippen molar-refractivity contribution in [3.63, 3.8) is 0 Å². The van der Waals surface area contributed by atoms with Crippen molar-refractivity contribution in [1.82, 2.24) is 0 Å². The molecular weight excluding hydrogens is 596 g/mol. The third kappa shape index (κ3) is 37.0. The summed E-state index contributed by atoms with van der Waals surface area (Å²) in [6.07, 6.45) is 54.3. The van der Waals surface area contributed by atoms with E-state index in [1.807, 2.05) is 12.2 Å².